The highest BCUT2D eigenvalue weighted by atomic mass is 19.4. The van der Waals surface area contributed by atoms with Gasteiger partial charge in [-0.15, -0.1) is 0 Å². The van der Waals surface area contributed by atoms with Crippen LogP contribution < -0.4 is 5.32 Å². The molecule has 0 aromatic rings. The minimum Gasteiger partial charge on any atom is -0.374 e. The summed E-state index contributed by atoms with van der Waals surface area (Å²) in [5.74, 6) is 0. The van der Waals surface area contributed by atoms with Crippen LogP contribution in [0.5, 0.6) is 0 Å². The van der Waals surface area contributed by atoms with E-state index in [1.165, 1.54) is 0 Å². The summed E-state index contributed by atoms with van der Waals surface area (Å²) in [6, 6.07) is 0. The van der Waals surface area contributed by atoms with Gasteiger partial charge in [-0.25, -0.2) is 0 Å². The van der Waals surface area contributed by atoms with E-state index in [0.29, 0.717) is 6.54 Å². The Balaban J connectivity index is 3.63. The number of hydrogen-bond acceptors (Lipinski definition) is 2. The van der Waals surface area contributed by atoms with Crippen LogP contribution in [0.15, 0.2) is 0 Å². The third-order valence-corrected chi connectivity index (χ3v) is 1.48. The fourth-order valence-corrected chi connectivity index (χ4v) is 0.920. The lowest BCUT2D eigenvalue weighted by atomic mass is 10.1. The minimum atomic E-state index is -4.13. The summed E-state index contributed by atoms with van der Waals surface area (Å²) >= 11 is 0. The molecule has 0 amide bonds. The lowest BCUT2D eigenvalue weighted by Crippen LogP contribution is -2.36. The van der Waals surface area contributed by atoms with Crippen LogP contribution in [0.3, 0.4) is 0 Å². The quantitative estimate of drug-likeness (QED) is 0.730. The molecule has 0 aromatic carbocycles. The van der Waals surface area contributed by atoms with E-state index in [-0.39, 0.29) is 6.61 Å². The molecule has 2 nitrogen and oxygen atoms in total. The number of rotatable bonds is 5. The summed E-state index contributed by atoms with van der Waals surface area (Å²) in [7, 11) is 1.73. The summed E-state index contributed by atoms with van der Waals surface area (Å²) in [6.45, 7) is 3.75. The molecule has 0 bridgehead atoms. The van der Waals surface area contributed by atoms with Crippen LogP contribution in [0.1, 0.15) is 20.3 Å². The molecule has 0 atom stereocenters. The highest BCUT2D eigenvalue weighted by Gasteiger charge is 2.28. The first-order valence-electron chi connectivity index (χ1n) is 4.12. The van der Waals surface area contributed by atoms with Crippen LogP contribution in [-0.2, 0) is 4.74 Å². The Morgan fingerprint density at radius 1 is 1.23 bits per heavy atom. The van der Waals surface area contributed by atoms with Crippen molar-refractivity contribution < 1.29 is 17.9 Å². The Hall–Kier alpha value is -0.290. The Morgan fingerprint density at radius 2 is 1.77 bits per heavy atom. The SMILES string of the molecule is CNCC(C)(C)OCCC(F)(F)F. The fraction of sp³-hybridized carbons (Fsp3) is 1.00. The molecule has 0 radical (unpaired) electrons. The van der Waals surface area contributed by atoms with Gasteiger partial charge in [0, 0.05) is 6.54 Å². The molecule has 0 fully saturated rings. The molecule has 0 unspecified atom stereocenters. The van der Waals surface area contributed by atoms with E-state index in [1.54, 1.807) is 20.9 Å². The number of hydrogen-bond donors (Lipinski definition) is 1. The van der Waals surface area contributed by atoms with Crippen molar-refractivity contribution in [3.8, 4) is 0 Å². The highest BCUT2D eigenvalue weighted by molar-refractivity contribution is 4.70. The highest BCUT2D eigenvalue weighted by Crippen LogP contribution is 2.20. The monoisotopic (exact) mass is 199 g/mol. The van der Waals surface area contributed by atoms with E-state index in [0.717, 1.165) is 0 Å². The Labute approximate surface area is 76.5 Å². The van der Waals surface area contributed by atoms with Crippen LogP contribution in [0.25, 0.3) is 0 Å². The van der Waals surface area contributed by atoms with E-state index in [1.807, 2.05) is 0 Å². The number of alkyl halides is 3. The van der Waals surface area contributed by atoms with Crippen molar-refractivity contribution >= 4 is 0 Å². The second-order valence-corrected chi connectivity index (χ2v) is 3.50. The Morgan fingerprint density at radius 3 is 2.15 bits per heavy atom. The Kier molecular flexibility index (Phi) is 4.70. The third kappa shape index (κ3) is 8.05. The second-order valence-electron chi connectivity index (χ2n) is 3.50. The maximum absolute atomic E-state index is 11.7. The van der Waals surface area contributed by atoms with Gasteiger partial charge >= 0.3 is 6.18 Å². The molecule has 0 aliphatic rings. The zero-order valence-corrected chi connectivity index (χ0v) is 8.16. The molecule has 0 aliphatic carbocycles. The smallest absolute Gasteiger partial charge is 0.374 e. The molecular formula is C8H16F3NO. The lowest BCUT2D eigenvalue weighted by molar-refractivity contribution is -0.154. The first kappa shape index (κ1) is 12.7. The first-order chi connectivity index (χ1) is 5.77. The van der Waals surface area contributed by atoms with Crippen molar-refractivity contribution in [3.05, 3.63) is 0 Å². The predicted octanol–water partition coefficient (Wildman–Crippen LogP) is 1.95. The molecule has 0 aromatic heterocycles. The maximum atomic E-state index is 11.7. The molecule has 0 aliphatic heterocycles. The zero-order chi connectivity index (χ0) is 10.5. The number of halogens is 3. The summed E-state index contributed by atoms with van der Waals surface area (Å²) < 4.78 is 40.2. The predicted molar refractivity (Wildman–Crippen MR) is 44.6 cm³/mol. The number of nitrogens with one attached hydrogen (secondary N) is 1. The largest absolute Gasteiger partial charge is 0.391 e. The van der Waals surface area contributed by atoms with E-state index >= 15 is 0 Å². The molecular weight excluding hydrogens is 183 g/mol. The second kappa shape index (κ2) is 4.81. The van der Waals surface area contributed by atoms with Gasteiger partial charge in [-0.05, 0) is 20.9 Å². The molecule has 0 saturated heterocycles. The van der Waals surface area contributed by atoms with Gasteiger partial charge in [0.15, 0.2) is 0 Å². The van der Waals surface area contributed by atoms with E-state index in [9.17, 15) is 13.2 Å². The van der Waals surface area contributed by atoms with Gasteiger partial charge in [-0.3, -0.25) is 0 Å². The third-order valence-electron chi connectivity index (χ3n) is 1.48. The molecule has 0 spiro atoms. The van der Waals surface area contributed by atoms with Crippen molar-refractivity contribution in [2.24, 2.45) is 0 Å². The van der Waals surface area contributed by atoms with E-state index in [4.69, 9.17) is 4.74 Å². The van der Waals surface area contributed by atoms with Crippen LogP contribution in [-0.4, -0.2) is 32.0 Å². The standard InChI is InChI=1S/C8H16F3NO/c1-7(2,6-12-3)13-5-4-8(9,10)11/h12H,4-6H2,1-3H3. The fourth-order valence-electron chi connectivity index (χ4n) is 0.920. The van der Waals surface area contributed by atoms with Crippen LogP contribution in [0.2, 0.25) is 0 Å². The van der Waals surface area contributed by atoms with Crippen LogP contribution in [0, 0.1) is 0 Å². The van der Waals surface area contributed by atoms with Crippen molar-refractivity contribution in [2.45, 2.75) is 32.0 Å². The number of likely N-dealkylation sites (N-methyl/N-ethyl adjacent to an activating group) is 1. The van der Waals surface area contributed by atoms with Gasteiger partial charge < -0.3 is 10.1 Å². The Bertz CT molecular complexity index is 145. The maximum Gasteiger partial charge on any atom is 0.391 e. The van der Waals surface area contributed by atoms with Crippen LogP contribution in [0.4, 0.5) is 13.2 Å². The van der Waals surface area contributed by atoms with Gasteiger partial charge in [-0.1, -0.05) is 0 Å². The summed E-state index contributed by atoms with van der Waals surface area (Å²) in [4.78, 5) is 0. The summed E-state index contributed by atoms with van der Waals surface area (Å²) in [5, 5.41) is 2.85. The molecule has 0 heterocycles. The molecule has 13 heavy (non-hydrogen) atoms. The molecule has 0 rings (SSSR count). The van der Waals surface area contributed by atoms with E-state index < -0.39 is 18.2 Å². The van der Waals surface area contributed by atoms with Gasteiger partial charge in [0.05, 0.1) is 18.6 Å². The van der Waals surface area contributed by atoms with Crippen molar-refractivity contribution in [3.63, 3.8) is 0 Å². The topological polar surface area (TPSA) is 21.3 Å². The van der Waals surface area contributed by atoms with Crippen molar-refractivity contribution in [1.82, 2.24) is 5.32 Å². The summed E-state index contributed by atoms with van der Waals surface area (Å²) in [6.07, 6.45) is -5.02. The summed E-state index contributed by atoms with van der Waals surface area (Å²) in [5.41, 5.74) is -0.542. The average molecular weight is 199 g/mol. The molecule has 0 saturated carbocycles. The average Bonchev–Trinajstić information content (AvgIpc) is 1.82. The molecule has 1 N–H and O–H groups in total. The normalized spacial score (nSPS) is 13.4. The van der Waals surface area contributed by atoms with Crippen molar-refractivity contribution in [1.29, 1.82) is 0 Å². The van der Waals surface area contributed by atoms with Crippen molar-refractivity contribution in [2.75, 3.05) is 20.2 Å². The number of ether oxygens (including phenoxy) is 1. The molecule has 80 valence electrons. The van der Waals surface area contributed by atoms with Gasteiger partial charge in [0.25, 0.3) is 0 Å². The zero-order valence-electron chi connectivity index (χ0n) is 8.16. The van der Waals surface area contributed by atoms with Crippen LogP contribution >= 0.6 is 0 Å². The lowest BCUT2D eigenvalue weighted by Gasteiger charge is -2.25. The van der Waals surface area contributed by atoms with Gasteiger partial charge in [-0.2, -0.15) is 13.2 Å². The van der Waals surface area contributed by atoms with Gasteiger partial charge in [0.2, 0.25) is 0 Å². The van der Waals surface area contributed by atoms with E-state index in [2.05, 4.69) is 5.32 Å². The van der Waals surface area contributed by atoms with Gasteiger partial charge in [0.1, 0.15) is 0 Å². The molecule has 5 heteroatoms. The first-order valence-corrected chi connectivity index (χ1v) is 4.12. The minimum absolute atomic E-state index is 0.280.